The van der Waals surface area contributed by atoms with E-state index < -0.39 is 5.97 Å². The normalized spacial score (nSPS) is 30.9. The molecule has 15 heavy (non-hydrogen) atoms. The molecule has 0 bridgehead atoms. The van der Waals surface area contributed by atoms with Gasteiger partial charge in [0.2, 0.25) is 0 Å². The van der Waals surface area contributed by atoms with E-state index in [2.05, 4.69) is 11.8 Å². The highest BCUT2D eigenvalue weighted by molar-refractivity contribution is 5.70. The molecule has 1 saturated heterocycles. The van der Waals surface area contributed by atoms with E-state index in [-0.39, 0.29) is 5.92 Å². The van der Waals surface area contributed by atoms with Crippen LogP contribution in [0.4, 0.5) is 0 Å². The maximum absolute atomic E-state index is 10.9. The minimum atomic E-state index is -0.611. The Hall–Kier alpha value is -0.570. The molecule has 0 aromatic carbocycles. The Morgan fingerprint density at radius 3 is 2.60 bits per heavy atom. The van der Waals surface area contributed by atoms with E-state index in [0.717, 1.165) is 31.8 Å². The Balaban J connectivity index is 1.88. The van der Waals surface area contributed by atoms with Crippen molar-refractivity contribution in [3.8, 4) is 0 Å². The second-order valence-corrected chi connectivity index (χ2v) is 5.10. The zero-order valence-corrected chi connectivity index (χ0v) is 9.48. The molecule has 0 amide bonds. The highest BCUT2D eigenvalue weighted by Crippen LogP contribution is 2.33. The van der Waals surface area contributed by atoms with Crippen LogP contribution in [-0.2, 0) is 4.79 Å². The first-order chi connectivity index (χ1) is 7.18. The van der Waals surface area contributed by atoms with Gasteiger partial charge < -0.3 is 5.11 Å². The van der Waals surface area contributed by atoms with Crippen LogP contribution in [0.3, 0.4) is 0 Å². The number of hydrogen-bond donors (Lipinski definition) is 1. The number of aliphatic carboxylic acids is 1. The van der Waals surface area contributed by atoms with Crippen LogP contribution in [-0.4, -0.2) is 35.1 Å². The molecule has 2 rings (SSSR count). The maximum atomic E-state index is 10.9. The van der Waals surface area contributed by atoms with Gasteiger partial charge in [-0.1, -0.05) is 6.42 Å². The first kappa shape index (κ1) is 10.9. The molecular formula is C12H21NO2. The van der Waals surface area contributed by atoms with Gasteiger partial charge in [-0.15, -0.1) is 0 Å². The van der Waals surface area contributed by atoms with E-state index in [9.17, 15) is 4.79 Å². The van der Waals surface area contributed by atoms with E-state index in [4.69, 9.17) is 5.11 Å². The third-order valence-electron chi connectivity index (χ3n) is 4.21. The summed E-state index contributed by atoms with van der Waals surface area (Å²) < 4.78 is 0. The van der Waals surface area contributed by atoms with Gasteiger partial charge in [-0.05, 0) is 45.1 Å². The largest absolute Gasteiger partial charge is 0.481 e. The molecule has 0 aromatic heterocycles. The Kier molecular flexibility index (Phi) is 3.29. The van der Waals surface area contributed by atoms with E-state index in [1.807, 2.05) is 0 Å². The molecule has 86 valence electrons. The molecule has 3 nitrogen and oxygen atoms in total. The summed E-state index contributed by atoms with van der Waals surface area (Å²) >= 11 is 0. The zero-order valence-electron chi connectivity index (χ0n) is 9.48. The summed E-state index contributed by atoms with van der Waals surface area (Å²) in [6.07, 6.45) is 5.97. The van der Waals surface area contributed by atoms with Crippen molar-refractivity contribution in [3.63, 3.8) is 0 Å². The Morgan fingerprint density at radius 2 is 2.07 bits per heavy atom. The summed E-state index contributed by atoms with van der Waals surface area (Å²) in [7, 11) is 0. The minimum absolute atomic E-state index is 0.124. The lowest BCUT2D eigenvalue weighted by Gasteiger charge is -2.42. The predicted molar refractivity (Wildman–Crippen MR) is 58.7 cm³/mol. The maximum Gasteiger partial charge on any atom is 0.307 e. The average Bonchev–Trinajstić information content (AvgIpc) is 2.15. The number of likely N-dealkylation sites (tertiary alicyclic amines) is 1. The average molecular weight is 211 g/mol. The molecule has 2 fully saturated rings. The van der Waals surface area contributed by atoms with E-state index in [1.54, 1.807) is 0 Å². The van der Waals surface area contributed by atoms with Gasteiger partial charge in [-0.2, -0.15) is 0 Å². The van der Waals surface area contributed by atoms with Gasteiger partial charge in [0, 0.05) is 12.6 Å². The number of piperidine rings is 1. The molecule has 2 aliphatic rings. The number of carbonyl (C=O) groups is 1. The number of carboxylic acid groups (broad SMARTS) is 1. The lowest BCUT2D eigenvalue weighted by molar-refractivity contribution is -0.144. The van der Waals surface area contributed by atoms with Gasteiger partial charge in [0.1, 0.15) is 0 Å². The second kappa shape index (κ2) is 4.52. The Labute approximate surface area is 91.5 Å². The second-order valence-electron chi connectivity index (χ2n) is 5.10. The summed E-state index contributed by atoms with van der Waals surface area (Å²) in [6, 6.07) is 0.598. The van der Waals surface area contributed by atoms with E-state index in [0.29, 0.717) is 6.04 Å². The molecule has 1 aliphatic carbocycles. The lowest BCUT2D eigenvalue weighted by atomic mass is 9.79. The Morgan fingerprint density at radius 1 is 1.33 bits per heavy atom. The van der Waals surface area contributed by atoms with E-state index in [1.165, 1.54) is 19.3 Å². The third-order valence-corrected chi connectivity index (χ3v) is 4.21. The lowest BCUT2D eigenvalue weighted by Crippen LogP contribution is -2.47. The fourth-order valence-corrected chi connectivity index (χ4v) is 2.80. The molecular weight excluding hydrogens is 190 g/mol. The van der Waals surface area contributed by atoms with Crippen molar-refractivity contribution in [1.82, 2.24) is 4.90 Å². The summed E-state index contributed by atoms with van der Waals surface area (Å²) in [5, 5.41) is 9.02. The van der Waals surface area contributed by atoms with Crippen LogP contribution in [0.15, 0.2) is 0 Å². The van der Waals surface area contributed by atoms with Gasteiger partial charge in [-0.25, -0.2) is 0 Å². The van der Waals surface area contributed by atoms with Crippen molar-refractivity contribution in [2.75, 3.05) is 13.1 Å². The van der Waals surface area contributed by atoms with Crippen LogP contribution >= 0.6 is 0 Å². The van der Waals surface area contributed by atoms with Crippen LogP contribution < -0.4 is 0 Å². The summed E-state index contributed by atoms with van der Waals surface area (Å²) in [5.41, 5.74) is 0. The minimum Gasteiger partial charge on any atom is -0.481 e. The predicted octanol–water partition coefficient (Wildman–Crippen LogP) is 1.97. The zero-order chi connectivity index (χ0) is 10.8. The highest BCUT2D eigenvalue weighted by atomic mass is 16.4. The molecule has 1 heterocycles. The summed E-state index contributed by atoms with van der Waals surface area (Å²) in [5.74, 6) is 0.0966. The number of carboxylic acids is 1. The van der Waals surface area contributed by atoms with Crippen molar-refractivity contribution in [1.29, 1.82) is 0 Å². The van der Waals surface area contributed by atoms with Crippen LogP contribution in [0.5, 0.6) is 0 Å². The molecule has 0 radical (unpaired) electrons. The van der Waals surface area contributed by atoms with Crippen molar-refractivity contribution >= 4 is 5.97 Å². The van der Waals surface area contributed by atoms with Gasteiger partial charge in [-0.3, -0.25) is 9.69 Å². The topological polar surface area (TPSA) is 40.5 Å². The number of nitrogens with zero attached hydrogens (tertiary/aromatic N) is 1. The molecule has 2 atom stereocenters. The summed E-state index contributed by atoms with van der Waals surface area (Å²) in [6.45, 7) is 4.14. The molecule has 1 saturated carbocycles. The van der Waals surface area contributed by atoms with Crippen LogP contribution in [0.1, 0.15) is 39.0 Å². The van der Waals surface area contributed by atoms with Gasteiger partial charge in [0.25, 0.3) is 0 Å². The smallest absolute Gasteiger partial charge is 0.307 e. The highest BCUT2D eigenvalue weighted by Gasteiger charge is 2.33. The van der Waals surface area contributed by atoms with Gasteiger partial charge in [0.15, 0.2) is 0 Å². The number of hydrogen-bond acceptors (Lipinski definition) is 2. The molecule has 2 unspecified atom stereocenters. The van der Waals surface area contributed by atoms with Crippen molar-refractivity contribution < 1.29 is 9.90 Å². The van der Waals surface area contributed by atoms with Crippen LogP contribution in [0.2, 0.25) is 0 Å². The molecule has 1 aliphatic heterocycles. The fraction of sp³-hybridized carbons (Fsp3) is 0.917. The van der Waals surface area contributed by atoms with Gasteiger partial charge in [0.05, 0.1) is 5.92 Å². The van der Waals surface area contributed by atoms with Crippen LogP contribution in [0, 0.1) is 11.8 Å². The molecule has 0 aromatic rings. The molecule has 3 heteroatoms. The fourth-order valence-electron chi connectivity index (χ4n) is 2.80. The summed E-state index contributed by atoms with van der Waals surface area (Å²) in [4.78, 5) is 13.3. The standard InChI is InChI=1S/C12H21NO2/c1-9(10-4-2-5-10)13-7-3-6-11(8-13)12(14)15/h9-11H,2-8H2,1H3,(H,14,15). The SMILES string of the molecule is CC(C1CCC1)N1CCCC(C(=O)O)C1. The van der Waals surface area contributed by atoms with Crippen molar-refractivity contribution in [2.45, 2.75) is 45.1 Å². The third kappa shape index (κ3) is 2.33. The van der Waals surface area contributed by atoms with E-state index >= 15 is 0 Å². The van der Waals surface area contributed by atoms with Gasteiger partial charge >= 0.3 is 5.97 Å². The first-order valence-corrected chi connectivity index (χ1v) is 6.15. The quantitative estimate of drug-likeness (QED) is 0.776. The van der Waals surface area contributed by atoms with Crippen molar-refractivity contribution in [3.05, 3.63) is 0 Å². The molecule has 1 N–H and O–H groups in total. The Bertz CT molecular complexity index is 238. The monoisotopic (exact) mass is 211 g/mol. The van der Waals surface area contributed by atoms with Crippen molar-refractivity contribution in [2.24, 2.45) is 11.8 Å². The number of rotatable bonds is 3. The van der Waals surface area contributed by atoms with Crippen LogP contribution in [0.25, 0.3) is 0 Å². The molecule has 0 spiro atoms. The first-order valence-electron chi connectivity index (χ1n) is 6.15.